The lowest BCUT2D eigenvalue weighted by molar-refractivity contribution is 0.0967. The minimum atomic E-state index is -0.715. The third kappa shape index (κ3) is 6.21. The number of Topliss-reactive ketones (excluding diaryl/α,β-unsaturated/α-hetero) is 1. The predicted octanol–water partition coefficient (Wildman–Crippen LogP) is 2.42. The lowest BCUT2D eigenvalue weighted by Crippen LogP contribution is -2.26. The maximum Gasteiger partial charge on any atom is 0.164 e. The minimum Gasteiger partial charge on any atom is -0.309 e. The Kier molecular flexibility index (Phi) is 6.75. The summed E-state index contributed by atoms with van der Waals surface area (Å²) in [6, 6.07) is 2.93. The van der Waals surface area contributed by atoms with E-state index in [1.165, 1.54) is 0 Å². The highest BCUT2D eigenvalue weighted by Crippen LogP contribution is 2.10. The molecule has 0 radical (unpaired) electrons. The first-order valence-electron chi connectivity index (χ1n) is 6.71. The quantitative estimate of drug-likeness (QED) is 0.685. The molecule has 20 heavy (non-hydrogen) atoms. The molecule has 112 valence electrons. The first kappa shape index (κ1) is 16.7. The molecule has 0 amide bonds. The van der Waals surface area contributed by atoms with E-state index in [-0.39, 0.29) is 17.8 Å². The number of halogens is 2. The Bertz CT molecular complexity index is 429. The fourth-order valence-corrected chi connectivity index (χ4v) is 1.92. The van der Waals surface area contributed by atoms with Crippen molar-refractivity contribution in [2.75, 3.05) is 40.8 Å². The molecule has 5 heteroatoms. The molecule has 0 N–H and O–H groups in total. The SMILES string of the molecule is CN(C)CCCN(C)CCC(=O)c1cc(F)cc(F)c1. The average molecular weight is 284 g/mol. The van der Waals surface area contributed by atoms with E-state index in [0.29, 0.717) is 6.54 Å². The lowest BCUT2D eigenvalue weighted by Gasteiger charge is -2.17. The van der Waals surface area contributed by atoms with Crippen LogP contribution >= 0.6 is 0 Å². The first-order valence-corrected chi connectivity index (χ1v) is 6.71. The number of hydrogen-bond acceptors (Lipinski definition) is 3. The highest BCUT2D eigenvalue weighted by atomic mass is 19.1. The van der Waals surface area contributed by atoms with E-state index in [9.17, 15) is 13.6 Å². The van der Waals surface area contributed by atoms with Gasteiger partial charge in [-0.15, -0.1) is 0 Å². The zero-order valence-electron chi connectivity index (χ0n) is 12.3. The van der Waals surface area contributed by atoms with Crippen molar-refractivity contribution in [3.8, 4) is 0 Å². The van der Waals surface area contributed by atoms with Crippen molar-refractivity contribution in [1.29, 1.82) is 0 Å². The van der Waals surface area contributed by atoms with Gasteiger partial charge in [-0.3, -0.25) is 4.79 Å². The summed E-state index contributed by atoms with van der Waals surface area (Å²) in [6.45, 7) is 2.47. The number of hydrogen-bond donors (Lipinski definition) is 0. The van der Waals surface area contributed by atoms with Crippen LogP contribution in [0.5, 0.6) is 0 Å². The molecule has 1 aromatic carbocycles. The average Bonchev–Trinajstić information content (AvgIpc) is 2.34. The van der Waals surface area contributed by atoms with E-state index in [1.807, 2.05) is 21.1 Å². The van der Waals surface area contributed by atoms with Crippen LogP contribution in [0.15, 0.2) is 18.2 Å². The first-order chi connectivity index (χ1) is 9.38. The molecular weight excluding hydrogens is 262 g/mol. The second-order valence-electron chi connectivity index (χ2n) is 5.29. The third-order valence-corrected chi connectivity index (χ3v) is 3.05. The van der Waals surface area contributed by atoms with Gasteiger partial charge in [-0.2, -0.15) is 0 Å². The van der Waals surface area contributed by atoms with Crippen LogP contribution < -0.4 is 0 Å². The maximum atomic E-state index is 13.0. The summed E-state index contributed by atoms with van der Waals surface area (Å²) in [5, 5.41) is 0. The molecule has 3 nitrogen and oxygen atoms in total. The van der Waals surface area contributed by atoms with E-state index in [4.69, 9.17) is 0 Å². The Balaban J connectivity index is 2.39. The van der Waals surface area contributed by atoms with E-state index in [0.717, 1.165) is 37.7 Å². The van der Waals surface area contributed by atoms with E-state index >= 15 is 0 Å². The number of benzene rings is 1. The van der Waals surface area contributed by atoms with Gasteiger partial charge in [0.15, 0.2) is 5.78 Å². The van der Waals surface area contributed by atoms with Crippen LogP contribution in [0.25, 0.3) is 0 Å². The molecule has 0 saturated carbocycles. The van der Waals surface area contributed by atoms with Crippen LogP contribution in [0.2, 0.25) is 0 Å². The molecule has 0 aliphatic heterocycles. The van der Waals surface area contributed by atoms with E-state index in [1.54, 1.807) is 0 Å². The molecule has 0 aromatic heterocycles. The van der Waals surface area contributed by atoms with Crippen molar-refractivity contribution >= 4 is 5.78 Å². The molecule has 1 rings (SSSR count). The smallest absolute Gasteiger partial charge is 0.164 e. The van der Waals surface area contributed by atoms with E-state index in [2.05, 4.69) is 9.80 Å². The zero-order valence-corrected chi connectivity index (χ0v) is 12.3. The number of rotatable bonds is 8. The molecule has 0 atom stereocenters. The summed E-state index contributed by atoms with van der Waals surface area (Å²) in [5.41, 5.74) is 0.101. The normalized spacial score (nSPS) is 11.3. The van der Waals surface area contributed by atoms with Gasteiger partial charge in [0, 0.05) is 24.6 Å². The molecule has 0 spiro atoms. The Labute approximate surface area is 119 Å². The molecule has 0 saturated heterocycles. The van der Waals surface area contributed by atoms with Crippen molar-refractivity contribution in [3.05, 3.63) is 35.4 Å². The molecule has 0 unspecified atom stereocenters. The highest BCUT2D eigenvalue weighted by Gasteiger charge is 2.10. The van der Waals surface area contributed by atoms with Gasteiger partial charge in [0.1, 0.15) is 11.6 Å². The van der Waals surface area contributed by atoms with Gasteiger partial charge in [0.05, 0.1) is 0 Å². The van der Waals surface area contributed by atoms with Crippen molar-refractivity contribution in [1.82, 2.24) is 9.80 Å². The van der Waals surface area contributed by atoms with Crippen LogP contribution in [0.4, 0.5) is 8.78 Å². The number of nitrogens with zero attached hydrogens (tertiary/aromatic N) is 2. The molecule has 0 heterocycles. The largest absolute Gasteiger partial charge is 0.309 e. The van der Waals surface area contributed by atoms with Crippen LogP contribution in [0.3, 0.4) is 0 Å². The number of ketones is 1. The van der Waals surface area contributed by atoms with Gasteiger partial charge < -0.3 is 9.80 Å². The van der Waals surface area contributed by atoms with Gasteiger partial charge in [0.2, 0.25) is 0 Å². The monoisotopic (exact) mass is 284 g/mol. The van der Waals surface area contributed by atoms with Crippen LogP contribution in [0.1, 0.15) is 23.2 Å². The Morgan fingerprint density at radius 1 is 1.00 bits per heavy atom. The van der Waals surface area contributed by atoms with Crippen molar-refractivity contribution in [2.24, 2.45) is 0 Å². The molecule has 0 fully saturated rings. The van der Waals surface area contributed by atoms with Gasteiger partial charge in [-0.25, -0.2) is 8.78 Å². The van der Waals surface area contributed by atoms with Crippen molar-refractivity contribution < 1.29 is 13.6 Å². The van der Waals surface area contributed by atoms with Gasteiger partial charge in [-0.05, 0) is 52.8 Å². The molecule has 0 aliphatic rings. The lowest BCUT2D eigenvalue weighted by atomic mass is 10.1. The van der Waals surface area contributed by atoms with Crippen molar-refractivity contribution in [2.45, 2.75) is 12.8 Å². The molecule has 0 aliphatic carbocycles. The highest BCUT2D eigenvalue weighted by molar-refractivity contribution is 5.96. The van der Waals surface area contributed by atoms with Crippen LogP contribution in [0, 0.1) is 11.6 Å². The topological polar surface area (TPSA) is 23.6 Å². The third-order valence-electron chi connectivity index (χ3n) is 3.05. The van der Waals surface area contributed by atoms with Gasteiger partial charge >= 0.3 is 0 Å². The van der Waals surface area contributed by atoms with Crippen molar-refractivity contribution in [3.63, 3.8) is 0 Å². The van der Waals surface area contributed by atoms with Crippen LogP contribution in [-0.4, -0.2) is 56.4 Å². The standard InChI is InChI=1S/C15H22F2N2O/c1-18(2)6-4-7-19(3)8-5-15(20)12-9-13(16)11-14(17)10-12/h9-11H,4-8H2,1-3H3. The fraction of sp³-hybridized carbons (Fsp3) is 0.533. The summed E-state index contributed by atoms with van der Waals surface area (Å²) in [6.07, 6.45) is 1.29. The zero-order chi connectivity index (χ0) is 15.1. The summed E-state index contributed by atoms with van der Waals surface area (Å²) in [4.78, 5) is 16.0. The Hall–Kier alpha value is -1.33. The second kappa shape index (κ2) is 8.07. The molecular formula is C15H22F2N2O. The van der Waals surface area contributed by atoms with E-state index < -0.39 is 11.6 Å². The maximum absolute atomic E-state index is 13.0. The number of carbonyl (C=O) groups excluding carboxylic acids is 1. The molecule has 0 bridgehead atoms. The summed E-state index contributed by atoms with van der Waals surface area (Å²) in [7, 11) is 5.97. The second-order valence-corrected chi connectivity index (χ2v) is 5.29. The number of carbonyl (C=O) groups is 1. The predicted molar refractivity (Wildman–Crippen MR) is 76.0 cm³/mol. The minimum absolute atomic E-state index is 0.101. The van der Waals surface area contributed by atoms with Gasteiger partial charge in [-0.1, -0.05) is 0 Å². The van der Waals surface area contributed by atoms with Crippen LogP contribution in [-0.2, 0) is 0 Å². The summed E-state index contributed by atoms with van der Waals surface area (Å²) < 4.78 is 26.0. The Morgan fingerprint density at radius 3 is 2.15 bits per heavy atom. The fourth-order valence-electron chi connectivity index (χ4n) is 1.92. The van der Waals surface area contributed by atoms with Gasteiger partial charge in [0.25, 0.3) is 0 Å². The molecule has 1 aromatic rings. The summed E-state index contributed by atoms with van der Waals surface area (Å²) in [5.74, 6) is -1.66. The Morgan fingerprint density at radius 2 is 1.60 bits per heavy atom. The summed E-state index contributed by atoms with van der Waals surface area (Å²) >= 11 is 0.